The Labute approximate surface area is 162 Å². The summed E-state index contributed by atoms with van der Waals surface area (Å²) in [5, 5.41) is 7.20. The maximum Gasteiger partial charge on any atom is 0.254 e. The first-order valence-corrected chi connectivity index (χ1v) is 10.7. The summed E-state index contributed by atoms with van der Waals surface area (Å²) in [7, 11) is 0. The SMILES string of the molecule is O=C(N[C@@H]1c2nccn2CCC12CCN(C(=O)c1ccsc1)CC2)C1CC1. The Bertz CT molecular complexity index is 847. The molecule has 5 rings (SSSR count). The van der Waals surface area contributed by atoms with Crippen molar-refractivity contribution in [3.63, 3.8) is 0 Å². The highest BCUT2D eigenvalue weighted by Crippen LogP contribution is 2.49. The fourth-order valence-corrected chi connectivity index (χ4v) is 5.25. The molecule has 0 radical (unpaired) electrons. The molecule has 27 heavy (non-hydrogen) atoms. The lowest BCUT2D eigenvalue weighted by molar-refractivity contribution is -0.125. The Morgan fingerprint density at radius 1 is 1.19 bits per heavy atom. The molecule has 2 aromatic heterocycles. The number of rotatable bonds is 3. The van der Waals surface area contributed by atoms with Crippen molar-refractivity contribution in [3.05, 3.63) is 40.6 Å². The van der Waals surface area contributed by atoms with Gasteiger partial charge in [-0.2, -0.15) is 11.3 Å². The summed E-state index contributed by atoms with van der Waals surface area (Å²) in [6.07, 6.45) is 8.68. The van der Waals surface area contributed by atoms with Crippen molar-refractivity contribution in [2.45, 2.75) is 44.7 Å². The second-order valence-electron chi connectivity index (χ2n) is 8.11. The van der Waals surface area contributed by atoms with Gasteiger partial charge in [-0.05, 0) is 43.6 Å². The van der Waals surface area contributed by atoms with Gasteiger partial charge >= 0.3 is 0 Å². The fourth-order valence-electron chi connectivity index (χ4n) is 4.62. The van der Waals surface area contributed by atoms with Gasteiger partial charge in [0.15, 0.2) is 0 Å². The molecule has 1 N–H and O–H groups in total. The number of aryl methyl sites for hydroxylation is 1. The minimum absolute atomic E-state index is 0.00265. The molecule has 4 heterocycles. The van der Waals surface area contributed by atoms with Crippen LogP contribution in [-0.2, 0) is 11.3 Å². The highest BCUT2D eigenvalue weighted by Gasteiger charge is 2.48. The molecule has 2 amide bonds. The van der Waals surface area contributed by atoms with E-state index in [1.54, 1.807) is 11.3 Å². The summed E-state index contributed by atoms with van der Waals surface area (Å²) in [4.78, 5) is 31.8. The molecule has 0 aromatic carbocycles. The van der Waals surface area contributed by atoms with E-state index in [1.807, 2.05) is 34.1 Å². The predicted octanol–water partition coefficient (Wildman–Crippen LogP) is 2.84. The monoisotopic (exact) mass is 384 g/mol. The number of carbonyl (C=O) groups is 2. The van der Waals surface area contributed by atoms with Crippen LogP contribution >= 0.6 is 11.3 Å². The maximum atomic E-state index is 12.7. The van der Waals surface area contributed by atoms with Crippen molar-refractivity contribution in [2.75, 3.05) is 13.1 Å². The van der Waals surface area contributed by atoms with Gasteiger partial charge in [-0.15, -0.1) is 0 Å². The minimum atomic E-state index is -0.0484. The number of likely N-dealkylation sites (tertiary alicyclic amines) is 1. The van der Waals surface area contributed by atoms with E-state index >= 15 is 0 Å². The van der Waals surface area contributed by atoms with Crippen LogP contribution in [0.1, 0.15) is 54.3 Å². The summed E-state index contributed by atoms with van der Waals surface area (Å²) < 4.78 is 2.17. The van der Waals surface area contributed by atoms with Crippen LogP contribution in [-0.4, -0.2) is 39.4 Å². The van der Waals surface area contributed by atoms with Crippen molar-refractivity contribution in [1.29, 1.82) is 0 Å². The van der Waals surface area contributed by atoms with E-state index in [-0.39, 0.29) is 29.2 Å². The second-order valence-corrected chi connectivity index (χ2v) is 8.89. The van der Waals surface area contributed by atoms with Crippen molar-refractivity contribution >= 4 is 23.2 Å². The standard InChI is InChI=1S/C20H24N4O2S/c25-18(14-1-2-14)22-16-17-21-7-11-23(17)8-4-20(16)5-9-24(10-6-20)19(26)15-3-12-27-13-15/h3,7,11-14,16H,1-2,4-6,8-10H2,(H,22,25)/t16-/m1/s1. The zero-order valence-corrected chi connectivity index (χ0v) is 16.1. The first kappa shape index (κ1) is 17.0. The number of carbonyl (C=O) groups excluding carboxylic acids is 2. The number of nitrogens with one attached hydrogen (secondary N) is 1. The lowest BCUT2D eigenvalue weighted by Crippen LogP contribution is -2.52. The Morgan fingerprint density at radius 2 is 1.96 bits per heavy atom. The third-order valence-corrected chi connectivity index (χ3v) is 7.20. The van der Waals surface area contributed by atoms with Crippen LogP contribution in [0.4, 0.5) is 0 Å². The molecule has 1 saturated carbocycles. The summed E-state index contributed by atoms with van der Waals surface area (Å²) in [6, 6.07) is 1.85. The number of amides is 2. The van der Waals surface area contributed by atoms with Gasteiger partial charge in [-0.1, -0.05) is 0 Å². The molecule has 2 fully saturated rings. The van der Waals surface area contributed by atoms with E-state index < -0.39 is 0 Å². The Kier molecular flexibility index (Phi) is 4.07. The van der Waals surface area contributed by atoms with E-state index in [2.05, 4.69) is 14.9 Å². The minimum Gasteiger partial charge on any atom is -0.345 e. The number of hydrogen-bond acceptors (Lipinski definition) is 4. The molecule has 2 aliphatic heterocycles. The molecule has 1 spiro atoms. The van der Waals surface area contributed by atoms with Crippen LogP contribution in [0.15, 0.2) is 29.2 Å². The van der Waals surface area contributed by atoms with Crippen LogP contribution in [0.5, 0.6) is 0 Å². The number of hydrogen-bond donors (Lipinski definition) is 1. The average Bonchev–Trinajstić information content (AvgIpc) is 3.19. The fraction of sp³-hybridized carbons (Fsp3) is 0.550. The number of imidazole rings is 1. The van der Waals surface area contributed by atoms with Crippen LogP contribution in [0.3, 0.4) is 0 Å². The number of thiophene rings is 1. The number of nitrogens with zero attached hydrogens (tertiary/aromatic N) is 3. The van der Waals surface area contributed by atoms with Crippen molar-refractivity contribution in [2.24, 2.45) is 11.3 Å². The van der Waals surface area contributed by atoms with Crippen molar-refractivity contribution < 1.29 is 9.59 Å². The molecule has 1 aliphatic carbocycles. The van der Waals surface area contributed by atoms with Gasteiger partial charge in [-0.3, -0.25) is 9.59 Å². The lowest BCUT2D eigenvalue weighted by Gasteiger charge is -2.49. The molecule has 1 saturated heterocycles. The van der Waals surface area contributed by atoms with Crippen LogP contribution in [0.25, 0.3) is 0 Å². The smallest absolute Gasteiger partial charge is 0.254 e. The highest BCUT2D eigenvalue weighted by molar-refractivity contribution is 7.08. The molecular formula is C20H24N4O2S. The van der Waals surface area contributed by atoms with E-state index in [9.17, 15) is 9.59 Å². The maximum absolute atomic E-state index is 12.7. The molecule has 6 nitrogen and oxygen atoms in total. The van der Waals surface area contributed by atoms with Gasteiger partial charge < -0.3 is 14.8 Å². The zero-order valence-electron chi connectivity index (χ0n) is 15.3. The molecule has 0 unspecified atom stereocenters. The van der Waals surface area contributed by atoms with E-state index in [4.69, 9.17) is 0 Å². The molecule has 2 aromatic rings. The number of piperidine rings is 1. The third-order valence-electron chi connectivity index (χ3n) is 6.52. The van der Waals surface area contributed by atoms with Crippen LogP contribution in [0, 0.1) is 11.3 Å². The Morgan fingerprint density at radius 3 is 2.67 bits per heavy atom. The Hall–Kier alpha value is -2.15. The van der Waals surface area contributed by atoms with Gasteiger partial charge in [0.2, 0.25) is 5.91 Å². The van der Waals surface area contributed by atoms with Gasteiger partial charge in [-0.25, -0.2) is 4.98 Å². The topological polar surface area (TPSA) is 67.2 Å². The molecule has 0 bridgehead atoms. The molecule has 1 atom stereocenters. The van der Waals surface area contributed by atoms with Crippen LogP contribution < -0.4 is 5.32 Å². The largest absolute Gasteiger partial charge is 0.345 e. The first-order chi connectivity index (χ1) is 13.2. The van der Waals surface area contributed by atoms with E-state index in [0.29, 0.717) is 0 Å². The lowest BCUT2D eigenvalue weighted by atomic mass is 9.68. The predicted molar refractivity (Wildman–Crippen MR) is 102 cm³/mol. The van der Waals surface area contributed by atoms with E-state index in [1.165, 1.54) is 0 Å². The van der Waals surface area contributed by atoms with Crippen molar-refractivity contribution in [3.8, 4) is 0 Å². The van der Waals surface area contributed by atoms with Gasteiger partial charge in [0.1, 0.15) is 5.82 Å². The summed E-state index contributed by atoms with van der Waals surface area (Å²) in [6.45, 7) is 2.42. The Balaban J connectivity index is 1.36. The summed E-state index contributed by atoms with van der Waals surface area (Å²) in [5.74, 6) is 1.47. The molecular weight excluding hydrogens is 360 g/mol. The highest BCUT2D eigenvalue weighted by atomic mass is 32.1. The second kappa shape index (κ2) is 6.48. The quantitative estimate of drug-likeness (QED) is 0.885. The molecule has 142 valence electrons. The van der Waals surface area contributed by atoms with Gasteiger partial charge in [0.05, 0.1) is 11.6 Å². The van der Waals surface area contributed by atoms with Gasteiger partial charge in [0.25, 0.3) is 5.91 Å². The summed E-state index contributed by atoms with van der Waals surface area (Å²) >= 11 is 1.56. The normalized spacial score (nSPS) is 23.9. The van der Waals surface area contributed by atoms with E-state index in [0.717, 1.165) is 63.1 Å². The van der Waals surface area contributed by atoms with Crippen LogP contribution in [0.2, 0.25) is 0 Å². The van der Waals surface area contributed by atoms with Crippen molar-refractivity contribution in [1.82, 2.24) is 19.8 Å². The average molecular weight is 385 g/mol. The summed E-state index contributed by atoms with van der Waals surface area (Å²) in [5.41, 5.74) is 0.783. The first-order valence-electron chi connectivity index (χ1n) is 9.79. The van der Waals surface area contributed by atoms with Gasteiger partial charge in [0, 0.05) is 48.7 Å². The molecule has 3 aliphatic rings. The number of fused-ring (bicyclic) bond motifs is 1. The third kappa shape index (κ3) is 2.98. The number of aromatic nitrogens is 2. The zero-order chi connectivity index (χ0) is 18.4. The molecule has 7 heteroatoms.